The Morgan fingerprint density at radius 1 is 1.60 bits per heavy atom. The van der Waals surface area contributed by atoms with E-state index in [4.69, 9.17) is 10.4 Å². The highest BCUT2D eigenvalue weighted by atomic mass is 16.3. The van der Waals surface area contributed by atoms with Crippen LogP contribution >= 0.6 is 0 Å². The maximum absolute atomic E-state index is 9.02. The fraction of sp³-hybridized carbons (Fsp3) is 0.455. The van der Waals surface area contributed by atoms with Gasteiger partial charge in [0.25, 0.3) is 0 Å². The molecule has 0 spiro atoms. The molecule has 1 aromatic heterocycles. The Bertz CT molecular complexity index is 368. The molecule has 1 atom stereocenters. The Labute approximate surface area is 88.8 Å². The zero-order valence-electron chi connectivity index (χ0n) is 8.43. The van der Waals surface area contributed by atoms with Crippen LogP contribution in [0.25, 0.3) is 0 Å². The molecular weight excluding hydrogens is 190 g/mol. The average Bonchev–Trinajstić information content (AvgIpc) is 2.78. The fourth-order valence-electron chi connectivity index (χ4n) is 1.83. The quantitative estimate of drug-likeness (QED) is 0.771. The summed E-state index contributed by atoms with van der Waals surface area (Å²) in [5.74, 6) is 1.26. The van der Waals surface area contributed by atoms with E-state index in [1.54, 1.807) is 12.3 Å². The van der Waals surface area contributed by atoms with Crippen molar-refractivity contribution in [1.82, 2.24) is 4.98 Å². The number of pyridine rings is 1. The molecule has 0 aromatic carbocycles. The van der Waals surface area contributed by atoms with Crippen molar-refractivity contribution >= 4 is 5.82 Å². The number of nitrogens with zero attached hydrogens (tertiary/aromatic N) is 3. The molecule has 1 saturated heterocycles. The SMILES string of the molecule is N#Cc1ccc(N2CC[C@@H](CO)C2)nc1. The van der Waals surface area contributed by atoms with Gasteiger partial charge < -0.3 is 10.0 Å². The first-order valence-corrected chi connectivity index (χ1v) is 5.05. The molecule has 1 aromatic rings. The Morgan fingerprint density at radius 2 is 2.47 bits per heavy atom. The third kappa shape index (κ3) is 2.08. The van der Waals surface area contributed by atoms with E-state index in [0.717, 1.165) is 25.3 Å². The van der Waals surface area contributed by atoms with Gasteiger partial charge in [0, 0.05) is 31.8 Å². The third-order valence-electron chi connectivity index (χ3n) is 2.75. The average molecular weight is 203 g/mol. The van der Waals surface area contributed by atoms with E-state index in [0.29, 0.717) is 11.5 Å². The molecule has 0 unspecified atom stereocenters. The maximum Gasteiger partial charge on any atom is 0.128 e. The second kappa shape index (κ2) is 4.28. The molecule has 0 saturated carbocycles. The summed E-state index contributed by atoms with van der Waals surface area (Å²) in [6, 6.07) is 5.68. The molecule has 15 heavy (non-hydrogen) atoms. The molecule has 0 amide bonds. The fourth-order valence-corrected chi connectivity index (χ4v) is 1.83. The van der Waals surface area contributed by atoms with E-state index < -0.39 is 0 Å². The van der Waals surface area contributed by atoms with Crippen molar-refractivity contribution in [3.8, 4) is 6.07 Å². The lowest BCUT2D eigenvalue weighted by atomic mass is 10.1. The number of aliphatic hydroxyl groups is 1. The van der Waals surface area contributed by atoms with Gasteiger partial charge >= 0.3 is 0 Å². The van der Waals surface area contributed by atoms with E-state index >= 15 is 0 Å². The summed E-state index contributed by atoms with van der Waals surface area (Å²) in [6.45, 7) is 2.03. The summed E-state index contributed by atoms with van der Waals surface area (Å²) < 4.78 is 0. The van der Waals surface area contributed by atoms with Gasteiger partial charge in [0.05, 0.1) is 5.56 Å². The molecule has 4 nitrogen and oxygen atoms in total. The molecule has 0 aliphatic carbocycles. The van der Waals surface area contributed by atoms with Crippen LogP contribution in [0.15, 0.2) is 18.3 Å². The number of rotatable bonds is 2. The van der Waals surface area contributed by atoms with Crippen LogP contribution in [0, 0.1) is 17.2 Å². The van der Waals surface area contributed by atoms with Gasteiger partial charge in [0.2, 0.25) is 0 Å². The van der Waals surface area contributed by atoms with Crippen LogP contribution in [0.3, 0.4) is 0 Å². The van der Waals surface area contributed by atoms with Gasteiger partial charge in [-0.2, -0.15) is 5.26 Å². The zero-order chi connectivity index (χ0) is 10.7. The van der Waals surface area contributed by atoms with Gasteiger partial charge in [-0.3, -0.25) is 0 Å². The van der Waals surface area contributed by atoms with Crippen molar-refractivity contribution in [2.24, 2.45) is 5.92 Å². The molecule has 0 radical (unpaired) electrons. The van der Waals surface area contributed by atoms with Crippen molar-refractivity contribution in [2.45, 2.75) is 6.42 Å². The first-order valence-electron chi connectivity index (χ1n) is 5.05. The van der Waals surface area contributed by atoms with E-state index in [9.17, 15) is 0 Å². The summed E-state index contributed by atoms with van der Waals surface area (Å²) in [4.78, 5) is 6.36. The number of nitriles is 1. The van der Waals surface area contributed by atoms with Crippen LogP contribution in [0.1, 0.15) is 12.0 Å². The number of hydrogen-bond acceptors (Lipinski definition) is 4. The summed E-state index contributed by atoms with van der Waals surface area (Å²) in [6.07, 6.45) is 2.60. The van der Waals surface area contributed by atoms with Gasteiger partial charge in [-0.1, -0.05) is 0 Å². The molecule has 1 aliphatic rings. The molecule has 4 heteroatoms. The minimum absolute atomic E-state index is 0.243. The summed E-state index contributed by atoms with van der Waals surface area (Å²) in [5, 5.41) is 17.7. The predicted molar refractivity (Wildman–Crippen MR) is 56.4 cm³/mol. The van der Waals surface area contributed by atoms with Crippen molar-refractivity contribution in [2.75, 3.05) is 24.6 Å². The van der Waals surface area contributed by atoms with Crippen LogP contribution < -0.4 is 4.90 Å². The van der Waals surface area contributed by atoms with Crippen molar-refractivity contribution in [1.29, 1.82) is 5.26 Å². The molecule has 2 heterocycles. The van der Waals surface area contributed by atoms with Gasteiger partial charge in [0.1, 0.15) is 11.9 Å². The molecular formula is C11H13N3O. The monoisotopic (exact) mass is 203 g/mol. The highest BCUT2D eigenvalue weighted by molar-refractivity contribution is 5.42. The standard InChI is InChI=1S/C11H13N3O/c12-5-9-1-2-11(13-6-9)14-4-3-10(7-14)8-15/h1-2,6,10,15H,3-4,7-8H2/t10-/m1/s1. The van der Waals surface area contributed by atoms with E-state index in [2.05, 4.69) is 9.88 Å². The Morgan fingerprint density at radius 3 is 3.00 bits per heavy atom. The first kappa shape index (κ1) is 9.94. The lowest BCUT2D eigenvalue weighted by Gasteiger charge is -2.16. The van der Waals surface area contributed by atoms with Crippen molar-refractivity contribution in [3.63, 3.8) is 0 Å². The Balaban J connectivity index is 2.08. The number of anilines is 1. The second-order valence-electron chi connectivity index (χ2n) is 3.80. The molecule has 78 valence electrons. The molecule has 0 bridgehead atoms. The number of aliphatic hydroxyl groups excluding tert-OH is 1. The Kier molecular flexibility index (Phi) is 2.84. The highest BCUT2D eigenvalue weighted by Gasteiger charge is 2.22. The van der Waals surface area contributed by atoms with E-state index in [1.165, 1.54) is 0 Å². The largest absolute Gasteiger partial charge is 0.396 e. The summed E-state index contributed by atoms with van der Waals surface area (Å²) in [5.41, 5.74) is 0.580. The van der Waals surface area contributed by atoms with Gasteiger partial charge in [-0.05, 0) is 18.6 Å². The second-order valence-corrected chi connectivity index (χ2v) is 3.80. The zero-order valence-corrected chi connectivity index (χ0v) is 8.43. The normalized spacial score (nSPS) is 20.3. The lowest BCUT2D eigenvalue weighted by molar-refractivity contribution is 0.238. The minimum Gasteiger partial charge on any atom is -0.396 e. The van der Waals surface area contributed by atoms with E-state index in [-0.39, 0.29) is 6.61 Å². The first-order chi connectivity index (χ1) is 7.33. The van der Waals surface area contributed by atoms with Crippen molar-refractivity contribution < 1.29 is 5.11 Å². The van der Waals surface area contributed by atoms with Crippen LogP contribution in [-0.4, -0.2) is 29.8 Å². The summed E-state index contributed by atoms with van der Waals surface area (Å²) >= 11 is 0. The maximum atomic E-state index is 9.02. The third-order valence-corrected chi connectivity index (χ3v) is 2.75. The van der Waals surface area contributed by atoms with Crippen LogP contribution in [0.4, 0.5) is 5.82 Å². The van der Waals surface area contributed by atoms with Crippen LogP contribution in [-0.2, 0) is 0 Å². The topological polar surface area (TPSA) is 60.2 Å². The van der Waals surface area contributed by atoms with Crippen molar-refractivity contribution in [3.05, 3.63) is 23.9 Å². The molecule has 2 rings (SSSR count). The smallest absolute Gasteiger partial charge is 0.128 e. The molecule has 1 aliphatic heterocycles. The number of hydrogen-bond donors (Lipinski definition) is 1. The molecule has 1 fully saturated rings. The predicted octanol–water partition coefficient (Wildman–Crippen LogP) is 0.772. The van der Waals surface area contributed by atoms with Gasteiger partial charge in [-0.15, -0.1) is 0 Å². The highest BCUT2D eigenvalue weighted by Crippen LogP contribution is 2.21. The van der Waals surface area contributed by atoms with E-state index in [1.807, 2.05) is 12.1 Å². The van der Waals surface area contributed by atoms with Gasteiger partial charge in [-0.25, -0.2) is 4.98 Å². The van der Waals surface area contributed by atoms with Crippen LogP contribution in [0.5, 0.6) is 0 Å². The minimum atomic E-state index is 0.243. The van der Waals surface area contributed by atoms with Crippen LogP contribution in [0.2, 0.25) is 0 Å². The number of aromatic nitrogens is 1. The van der Waals surface area contributed by atoms with Gasteiger partial charge in [0.15, 0.2) is 0 Å². The summed E-state index contributed by atoms with van der Waals surface area (Å²) in [7, 11) is 0. The Hall–Kier alpha value is -1.60. The molecule has 1 N–H and O–H groups in total. The lowest BCUT2D eigenvalue weighted by Crippen LogP contribution is -2.21.